The standard InChI is InChI=1S/C37H39Cl2FN8O3/c1-22(49)48-14-10-25(11-15-48)43-17-23-8-12-42-35(33(23)40)45-29-5-3-4-27(31(29)38)34-32(39)26(9-13-41-34)28-7-6-24(36(46-28)51-2)18-47-20-37(21-47)16-30(50)44-19-37/h3-9,12-13,25,43H,10-11,14-21H2,1-2H3,(H,42,45)(H,44,50). The molecule has 1 aromatic carbocycles. The van der Waals surface area contributed by atoms with Crippen LogP contribution in [0.15, 0.2) is 54.9 Å². The second-order valence-corrected chi connectivity index (χ2v) is 14.3. The Morgan fingerprint density at radius 3 is 2.55 bits per heavy atom. The minimum absolute atomic E-state index is 0.0375. The number of nitrogens with zero attached hydrogens (tertiary/aromatic N) is 5. The fourth-order valence-corrected chi connectivity index (χ4v) is 7.85. The van der Waals surface area contributed by atoms with Gasteiger partial charge in [-0.3, -0.25) is 19.5 Å². The van der Waals surface area contributed by atoms with E-state index >= 15 is 4.39 Å². The molecule has 2 amide bonds. The molecule has 3 aliphatic rings. The van der Waals surface area contributed by atoms with Crippen LogP contribution in [0.1, 0.15) is 37.3 Å². The molecule has 7 rings (SSSR count). The molecule has 3 aromatic heterocycles. The zero-order valence-electron chi connectivity index (χ0n) is 28.4. The number of aromatic nitrogens is 3. The molecule has 3 fully saturated rings. The van der Waals surface area contributed by atoms with Crippen LogP contribution in [-0.4, -0.2) is 82.4 Å². The van der Waals surface area contributed by atoms with E-state index in [1.54, 1.807) is 56.8 Å². The number of ether oxygens (including phenoxy) is 1. The number of anilines is 2. The molecule has 0 unspecified atom stereocenters. The van der Waals surface area contributed by atoms with Crippen molar-refractivity contribution < 1.29 is 18.7 Å². The largest absolute Gasteiger partial charge is 0.481 e. The first-order valence-corrected chi connectivity index (χ1v) is 17.7. The number of likely N-dealkylation sites (tertiary alicyclic amines) is 2. The van der Waals surface area contributed by atoms with Crippen molar-refractivity contribution in [3.63, 3.8) is 0 Å². The number of nitrogens with one attached hydrogen (secondary N) is 3. The highest BCUT2D eigenvalue weighted by molar-refractivity contribution is 6.39. The van der Waals surface area contributed by atoms with Gasteiger partial charge in [0.2, 0.25) is 17.7 Å². The number of amides is 2. The van der Waals surface area contributed by atoms with Crippen molar-refractivity contribution in [2.75, 3.05) is 45.2 Å². The van der Waals surface area contributed by atoms with Gasteiger partial charge in [0.1, 0.15) is 0 Å². The van der Waals surface area contributed by atoms with Gasteiger partial charge in [-0.15, -0.1) is 0 Å². The molecule has 0 atom stereocenters. The first kappa shape index (κ1) is 35.1. The number of pyridine rings is 3. The van der Waals surface area contributed by atoms with Crippen LogP contribution in [-0.2, 0) is 22.7 Å². The molecule has 14 heteroatoms. The number of hydrogen-bond acceptors (Lipinski definition) is 9. The summed E-state index contributed by atoms with van der Waals surface area (Å²) in [5, 5.41) is 10.1. The topological polar surface area (TPSA) is 125 Å². The maximum atomic E-state index is 15.7. The molecule has 51 heavy (non-hydrogen) atoms. The number of hydrogen-bond donors (Lipinski definition) is 3. The van der Waals surface area contributed by atoms with Crippen LogP contribution >= 0.6 is 23.2 Å². The molecule has 3 aliphatic heterocycles. The highest BCUT2D eigenvalue weighted by Gasteiger charge is 2.48. The van der Waals surface area contributed by atoms with Gasteiger partial charge < -0.3 is 25.6 Å². The second kappa shape index (κ2) is 14.7. The van der Waals surface area contributed by atoms with E-state index in [4.69, 9.17) is 32.9 Å². The highest BCUT2D eigenvalue weighted by Crippen LogP contribution is 2.42. The normalized spacial score (nSPS) is 17.4. The molecule has 1 spiro atoms. The third kappa shape index (κ3) is 7.36. The summed E-state index contributed by atoms with van der Waals surface area (Å²) in [5.74, 6) is 0.268. The van der Waals surface area contributed by atoms with Gasteiger partial charge in [-0.25, -0.2) is 14.4 Å². The molecule has 3 N–H and O–H groups in total. The fourth-order valence-electron chi connectivity index (χ4n) is 7.28. The van der Waals surface area contributed by atoms with E-state index in [2.05, 4.69) is 30.8 Å². The molecule has 0 aliphatic carbocycles. The Bertz CT molecular complexity index is 1970. The predicted octanol–water partition coefficient (Wildman–Crippen LogP) is 5.83. The Kier molecular flexibility index (Phi) is 10.1. The van der Waals surface area contributed by atoms with Crippen LogP contribution in [0.2, 0.25) is 10.0 Å². The number of carbonyl (C=O) groups is 2. The van der Waals surface area contributed by atoms with Crippen molar-refractivity contribution in [2.24, 2.45) is 5.41 Å². The van der Waals surface area contributed by atoms with Crippen LogP contribution < -0.4 is 20.7 Å². The number of benzene rings is 1. The van der Waals surface area contributed by atoms with Gasteiger partial charge in [-0.1, -0.05) is 41.4 Å². The van der Waals surface area contributed by atoms with Crippen LogP contribution in [0.5, 0.6) is 5.88 Å². The summed E-state index contributed by atoms with van der Waals surface area (Å²) in [4.78, 5) is 41.1. The highest BCUT2D eigenvalue weighted by atomic mass is 35.5. The van der Waals surface area contributed by atoms with Gasteiger partial charge in [0.25, 0.3) is 0 Å². The summed E-state index contributed by atoms with van der Waals surface area (Å²) in [6.07, 6.45) is 5.41. The van der Waals surface area contributed by atoms with Crippen molar-refractivity contribution in [3.8, 4) is 28.4 Å². The minimum Gasteiger partial charge on any atom is -0.481 e. The second-order valence-electron chi connectivity index (χ2n) is 13.6. The third-order valence-corrected chi connectivity index (χ3v) is 10.8. The van der Waals surface area contributed by atoms with Crippen molar-refractivity contribution in [1.29, 1.82) is 0 Å². The smallest absolute Gasteiger partial charge is 0.220 e. The predicted molar refractivity (Wildman–Crippen MR) is 194 cm³/mol. The van der Waals surface area contributed by atoms with E-state index < -0.39 is 5.82 Å². The molecule has 4 aromatic rings. The van der Waals surface area contributed by atoms with Gasteiger partial charge in [-0.2, -0.15) is 0 Å². The maximum Gasteiger partial charge on any atom is 0.220 e. The van der Waals surface area contributed by atoms with E-state index in [-0.39, 0.29) is 29.1 Å². The van der Waals surface area contributed by atoms with Crippen LogP contribution in [0.25, 0.3) is 22.5 Å². The summed E-state index contributed by atoms with van der Waals surface area (Å²) in [7, 11) is 1.59. The average Bonchev–Trinajstić information content (AvgIpc) is 3.51. The van der Waals surface area contributed by atoms with E-state index in [0.29, 0.717) is 82.3 Å². The monoisotopic (exact) mass is 732 g/mol. The SMILES string of the molecule is COc1nc(-c2ccnc(-c3cccc(Nc4nccc(CNC5CCN(C(C)=O)CC5)c4F)c3Cl)c2Cl)ccc1CN1CC2(CNC(=O)C2)C1. The van der Waals surface area contributed by atoms with E-state index in [9.17, 15) is 9.59 Å². The lowest BCUT2D eigenvalue weighted by Gasteiger charge is -2.47. The molecule has 6 heterocycles. The number of methoxy groups -OCH3 is 1. The summed E-state index contributed by atoms with van der Waals surface area (Å²) >= 11 is 13.9. The van der Waals surface area contributed by atoms with Gasteiger partial charge in [0.15, 0.2) is 11.6 Å². The van der Waals surface area contributed by atoms with Crippen LogP contribution in [0, 0.1) is 11.2 Å². The Hall–Kier alpha value is -4.36. The lowest BCUT2D eigenvalue weighted by molar-refractivity contribution is -0.130. The Morgan fingerprint density at radius 1 is 1.04 bits per heavy atom. The van der Waals surface area contributed by atoms with Crippen molar-refractivity contribution in [3.05, 3.63) is 81.8 Å². The first-order valence-electron chi connectivity index (χ1n) is 17.0. The van der Waals surface area contributed by atoms with Gasteiger partial charge >= 0.3 is 0 Å². The van der Waals surface area contributed by atoms with E-state index in [0.717, 1.165) is 38.0 Å². The quantitative estimate of drug-likeness (QED) is 0.185. The zero-order chi connectivity index (χ0) is 35.7. The molecule has 266 valence electrons. The first-order chi connectivity index (χ1) is 24.6. The zero-order valence-corrected chi connectivity index (χ0v) is 30.0. The number of halogens is 3. The lowest BCUT2D eigenvalue weighted by atomic mass is 9.79. The number of rotatable bonds is 10. The third-order valence-electron chi connectivity index (χ3n) is 10.0. The Balaban J connectivity index is 1.06. The van der Waals surface area contributed by atoms with Gasteiger partial charge in [0.05, 0.1) is 34.2 Å². The van der Waals surface area contributed by atoms with E-state index in [1.807, 2.05) is 17.0 Å². The molecular formula is C37H39Cl2FN8O3. The van der Waals surface area contributed by atoms with Gasteiger partial charge in [-0.05, 0) is 37.1 Å². The Morgan fingerprint density at radius 2 is 1.82 bits per heavy atom. The molecular weight excluding hydrogens is 694 g/mol. The van der Waals surface area contributed by atoms with Gasteiger partial charge in [0, 0.05) is 105 Å². The summed E-state index contributed by atoms with van der Waals surface area (Å²) < 4.78 is 21.4. The lowest BCUT2D eigenvalue weighted by Crippen LogP contribution is -2.56. The van der Waals surface area contributed by atoms with Crippen LogP contribution in [0.4, 0.5) is 15.9 Å². The molecule has 3 saturated heterocycles. The van der Waals surface area contributed by atoms with E-state index in [1.165, 1.54) is 0 Å². The van der Waals surface area contributed by atoms with Crippen molar-refractivity contribution in [2.45, 2.75) is 45.3 Å². The molecule has 11 nitrogen and oxygen atoms in total. The van der Waals surface area contributed by atoms with Crippen LogP contribution in [0.3, 0.4) is 0 Å². The minimum atomic E-state index is -0.478. The average molecular weight is 734 g/mol. The van der Waals surface area contributed by atoms with Crippen molar-refractivity contribution >= 4 is 46.5 Å². The summed E-state index contributed by atoms with van der Waals surface area (Å²) in [6.45, 7) is 6.37. The fraction of sp³-hybridized carbons (Fsp3) is 0.378. The molecule has 0 bridgehead atoms. The molecule has 0 radical (unpaired) electrons. The maximum absolute atomic E-state index is 15.7. The molecule has 0 saturated carbocycles. The Labute approximate surface area is 305 Å². The summed E-state index contributed by atoms with van der Waals surface area (Å²) in [5.41, 5.74) is 4.16. The number of piperidine rings is 1. The number of carbonyl (C=O) groups excluding carboxylic acids is 2. The van der Waals surface area contributed by atoms with Crippen molar-refractivity contribution in [1.82, 2.24) is 35.4 Å². The summed E-state index contributed by atoms with van der Waals surface area (Å²) in [6, 6.07) is 12.9.